The maximum atomic E-state index is 11.9. The van der Waals surface area contributed by atoms with Gasteiger partial charge < -0.3 is 14.4 Å². The summed E-state index contributed by atoms with van der Waals surface area (Å²) in [5.74, 6) is 0.624. The first-order valence-electron chi connectivity index (χ1n) is 8.13. The number of ether oxygens (including phenoxy) is 2. The first-order chi connectivity index (χ1) is 10.7. The number of likely N-dealkylation sites (tertiary alicyclic amines) is 1. The zero-order valence-corrected chi connectivity index (χ0v) is 13.2. The van der Waals surface area contributed by atoms with Gasteiger partial charge in [-0.2, -0.15) is 0 Å². The number of hydrogen-bond donors (Lipinski definition) is 0. The highest BCUT2D eigenvalue weighted by molar-refractivity contribution is 5.77. The Morgan fingerprint density at radius 1 is 1.50 bits per heavy atom. The SMILES string of the molecule is CCCC(=O)N1CC2(C1)OCC[C@H]2COCc1ccccn1. The van der Waals surface area contributed by atoms with E-state index in [0.29, 0.717) is 25.6 Å². The molecule has 0 saturated carbocycles. The molecule has 2 saturated heterocycles. The average molecular weight is 304 g/mol. The zero-order valence-electron chi connectivity index (χ0n) is 13.2. The van der Waals surface area contributed by atoms with Crippen LogP contribution in [0.4, 0.5) is 0 Å². The van der Waals surface area contributed by atoms with E-state index >= 15 is 0 Å². The van der Waals surface area contributed by atoms with Gasteiger partial charge in [0.2, 0.25) is 5.91 Å². The molecule has 5 heteroatoms. The van der Waals surface area contributed by atoms with Gasteiger partial charge in [-0.3, -0.25) is 9.78 Å². The van der Waals surface area contributed by atoms with Crippen LogP contribution < -0.4 is 0 Å². The Balaban J connectivity index is 1.47. The number of carbonyl (C=O) groups is 1. The van der Waals surface area contributed by atoms with E-state index in [2.05, 4.69) is 4.98 Å². The normalized spacial score (nSPS) is 22.8. The summed E-state index contributed by atoms with van der Waals surface area (Å²) in [6.45, 7) is 5.46. The molecule has 1 spiro atoms. The fourth-order valence-electron chi connectivity index (χ4n) is 3.31. The van der Waals surface area contributed by atoms with Gasteiger partial charge in [0, 0.05) is 25.1 Å². The smallest absolute Gasteiger partial charge is 0.222 e. The standard InChI is InChI=1S/C17H24N2O3/c1-2-5-16(20)19-12-17(13-19)14(7-9-22-17)10-21-11-15-6-3-4-8-18-15/h3-4,6,8,14H,2,5,7,9-13H2,1H3/t14-/m0/s1. The summed E-state index contributed by atoms with van der Waals surface area (Å²) in [4.78, 5) is 18.1. The maximum absolute atomic E-state index is 11.9. The first-order valence-corrected chi connectivity index (χ1v) is 8.13. The molecule has 0 radical (unpaired) electrons. The van der Waals surface area contributed by atoms with Gasteiger partial charge in [0.1, 0.15) is 5.60 Å². The lowest BCUT2D eigenvalue weighted by Gasteiger charge is -2.50. The molecule has 120 valence electrons. The fraction of sp³-hybridized carbons (Fsp3) is 0.647. The Kier molecular flexibility index (Phi) is 4.74. The van der Waals surface area contributed by atoms with E-state index in [1.807, 2.05) is 30.0 Å². The quantitative estimate of drug-likeness (QED) is 0.807. The summed E-state index contributed by atoms with van der Waals surface area (Å²) in [6, 6.07) is 5.84. The van der Waals surface area contributed by atoms with Gasteiger partial charge in [0.15, 0.2) is 0 Å². The van der Waals surface area contributed by atoms with Crippen molar-refractivity contribution in [1.82, 2.24) is 9.88 Å². The fourth-order valence-corrected chi connectivity index (χ4v) is 3.31. The van der Waals surface area contributed by atoms with E-state index in [9.17, 15) is 4.79 Å². The van der Waals surface area contributed by atoms with Gasteiger partial charge >= 0.3 is 0 Å². The molecule has 0 N–H and O–H groups in total. The summed E-state index contributed by atoms with van der Waals surface area (Å²) in [5, 5.41) is 0. The Bertz CT molecular complexity index is 500. The topological polar surface area (TPSA) is 51.7 Å². The Hall–Kier alpha value is -1.46. The van der Waals surface area contributed by atoms with Crippen molar-refractivity contribution in [2.24, 2.45) is 5.92 Å². The molecule has 22 heavy (non-hydrogen) atoms. The molecule has 3 rings (SSSR count). The Morgan fingerprint density at radius 3 is 3.09 bits per heavy atom. The second-order valence-electron chi connectivity index (χ2n) is 6.23. The van der Waals surface area contributed by atoms with Crippen LogP contribution in [0.15, 0.2) is 24.4 Å². The summed E-state index contributed by atoms with van der Waals surface area (Å²) in [5.41, 5.74) is 0.789. The second kappa shape index (κ2) is 6.75. The molecule has 0 unspecified atom stereocenters. The summed E-state index contributed by atoms with van der Waals surface area (Å²) >= 11 is 0. The number of amides is 1. The molecule has 5 nitrogen and oxygen atoms in total. The van der Waals surface area contributed by atoms with E-state index in [-0.39, 0.29) is 11.5 Å². The second-order valence-corrected chi connectivity index (χ2v) is 6.23. The summed E-state index contributed by atoms with van der Waals surface area (Å²) in [7, 11) is 0. The zero-order chi connectivity index (χ0) is 15.4. The monoisotopic (exact) mass is 304 g/mol. The number of hydrogen-bond acceptors (Lipinski definition) is 4. The number of aromatic nitrogens is 1. The largest absolute Gasteiger partial charge is 0.375 e. The molecule has 1 amide bonds. The Morgan fingerprint density at radius 2 is 2.36 bits per heavy atom. The first kappa shape index (κ1) is 15.4. The van der Waals surface area contributed by atoms with Gasteiger partial charge in [-0.25, -0.2) is 0 Å². The van der Waals surface area contributed by atoms with Crippen LogP contribution >= 0.6 is 0 Å². The van der Waals surface area contributed by atoms with E-state index in [1.165, 1.54) is 0 Å². The molecule has 2 aliphatic rings. The molecule has 0 bridgehead atoms. The van der Waals surface area contributed by atoms with Crippen molar-refractivity contribution in [2.75, 3.05) is 26.3 Å². The van der Waals surface area contributed by atoms with Crippen LogP contribution in [0.5, 0.6) is 0 Å². The van der Waals surface area contributed by atoms with Crippen molar-refractivity contribution in [3.8, 4) is 0 Å². The average Bonchev–Trinajstić information content (AvgIpc) is 2.91. The number of pyridine rings is 1. The lowest BCUT2D eigenvalue weighted by molar-refractivity contribution is -0.169. The van der Waals surface area contributed by atoms with Crippen molar-refractivity contribution >= 4 is 5.91 Å². The third kappa shape index (κ3) is 3.15. The van der Waals surface area contributed by atoms with Gasteiger partial charge in [0.25, 0.3) is 0 Å². The number of rotatable bonds is 6. The van der Waals surface area contributed by atoms with Crippen LogP contribution in [0.2, 0.25) is 0 Å². The van der Waals surface area contributed by atoms with E-state index in [0.717, 1.165) is 38.2 Å². The number of nitrogens with zero attached hydrogens (tertiary/aromatic N) is 2. The molecule has 0 aromatic carbocycles. The third-order valence-electron chi connectivity index (χ3n) is 4.63. The van der Waals surface area contributed by atoms with Crippen LogP contribution in [-0.4, -0.2) is 47.7 Å². The van der Waals surface area contributed by atoms with Gasteiger partial charge in [-0.1, -0.05) is 13.0 Å². The van der Waals surface area contributed by atoms with E-state index < -0.39 is 0 Å². The minimum atomic E-state index is -0.159. The summed E-state index contributed by atoms with van der Waals surface area (Å²) in [6.07, 6.45) is 4.33. The van der Waals surface area contributed by atoms with Gasteiger partial charge in [0.05, 0.1) is 32.0 Å². The highest BCUT2D eigenvalue weighted by Crippen LogP contribution is 2.40. The predicted molar refractivity (Wildman–Crippen MR) is 82.2 cm³/mol. The molecule has 0 aliphatic carbocycles. The predicted octanol–water partition coefficient (Wildman–Crippen LogP) is 2.02. The maximum Gasteiger partial charge on any atom is 0.222 e. The van der Waals surface area contributed by atoms with Crippen LogP contribution in [0, 0.1) is 5.92 Å². The van der Waals surface area contributed by atoms with Crippen LogP contribution in [-0.2, 0) is 20.9 Å². The minimum Gasteiger partial charge on any atom is -0.375 e. The van der Waals surface area contributed by atoms with Crippen LogP contribution in [0.25, 0.3) is 0 Å². The lowest BCUT2D eigenvalue weighted by Crippen LogP contribution is -2.66. The lowest BCUT2D eigenvalue weighted by atomic mass is 9.81. The van der Waals surface area contributed by atoms with Crippen molar-refractivity contribution in [2.45, 2.75) is 38.4 Å². The molecule has 3 heterocycles. The van der Waals surface area contributed by atoms with Crippen molar-refractivity contribution < 1.29 is 14.3 Å². The number of carbonyl (C=O) groups excluding carboxylic acids is 1. The molecule has 1 atom stereocenters. The van der Waals surface area contributed by atoms with Gasteiger partial charge in [-0.05, 0) is 25.0 Å². The molecule has 1 aromatic rings. The van der Waals surface area contributed by atoms with Crippen molar-refractivity contribution in [1.29, 1.82) is 0 Å². The van der Waals surface area contributed by atoms with E-state index in [1.54, 1.807) is 6.20 Å². The summed E-state index contributed by atoms with van der Waals surface area (Å²) < 4.78 is 11.8. The molecule has 1 aromatic heterocycles. The molecule has 2 fully saturated rings. The van der Waals surface area contributed by atoms with Crippen LogP contribution in [0.3, 0.4) is 0 Å². The minimum absolute atomic E-state index is 0.159. The molecular weight excluding hydrogens is 280 g/mol. The third-order valence-corrected chi connectivity index (χ3v) is 4.63. The van der Waals surface area contributed by atoms with Gasteiger partial charge in [-0.15, -0.1) is 0 Å². The van der Waals surface area contributed by atoms with Crippen molar-refractivity contribution in [3.05, 3.63) is 30.1 Å². The van der Waals surface area contributed by atoms with Crippen LogP contribution in [0.1, 0.15) is 31.9 Å². The van der Waals surface area contributed by atoms with E-state index in [4.69, 9.17) is 9.47 Å². The molecular formula is C17H24N2O3. The molecule has 2 aliphatic heterocycles. The Labute approximate surface area is 131 Å². The highest BCUT2D eigenvalue weighted by atomic mass is 16.5. The highest BCUT2D eigenvalue weighted by Gasteiger charge is 2.54. The van der Waals surface area contributed by atoms with Crippen molar-refractivity contribution in [3.63, 3.8) is 0 Å².